The molecular weight excluding hydrogens is 380 g/mol. The summed E-state index contributed by atoms with van der Waals surface area (Å²) in [6.07, 6.45) is 1.71. The van der Waals surface area contributed by atoms with E-state index in [1.54, 1.807) is 6.20 Å². The van der Waals surface area contributed by atoms with Gasteiger partial charge in [0.1, 0.15) is 5.82 Å². The number of hydrogen-bond donors (Lipinski definition) is 2. The van der Waals surface area contributed by atoms with Gasteiger partial charge in [-0.3, -0.25) is 4.79 Å². The molecule has 1 aliphatic rings. The van der Waals surface area contributed by atoms with Crippen molar-refractivity contribution >= 4 is 40.1 Å². The highest BCUT2D eigenvalue weighted by Crippen LogP contribution is 2.19. The molecule has 0 bridgehead atoms. The number of nitrogens with one attached hydrogen (secondary N) is 2. The number of anilines is 1. The van der Waals surface area contributed by atoms with Gasteiger partial charge >= 0.3 is 0 Å². The summed E-state index contributed by atoms with van der Waals surface area (Å²) in [6, 6.07) is 9.91. The molecule has 0 spiro atoms. The average molecular weight is 400 g/mol. The van der Waals surface area contributed by atoms with Crippen LogP contribution in [0.4, 0.5) is 5.82 Å². The van der Waals surface area contributed by atoms with Gasteiger partial charge in [-0.05, 0) is 36.7 Å². The van der Waals surface area contributed by atoms with Gasteiger partial charge in [-0.2, -0.15) is 5.10 Å². The molecule has 1 aromatic carbocycles. The maximum atomic E-state index is 12.3. The van der Waals surface area contributed by atoms with E-state index >= 15 is 0 Å². The number of nitrogens with zero attached hydrogens (tertiary/aromatic N) is 2. The Bertz CT molecular complexity index is 672. The maximum absolute atomic E-state index is 12.3. The van der Waals surface area contributed by atoms with Gasteiger partial charge in [0.05, 0.1) is 12.7 Å². The fourth-order valence-corrected chi connectivity index (χ4v) is 2.94. The van der Waals surface area contributed by atoms with E-state index < -0.39 is 0 Å². The third-order valence-electron chi connectivity index (χ3n) is 4.12. The standard InChI is InChI=1S/C16H19BrN4O.ClH/c1-11(13-8-18-9-13)16(22)20-15-5-6-19-21(15)10-12-3-2-4-14(17)7-12;/h2-7,11,13,18H,8-10H2,1H3,(H,20,22);1H. The number of rotatable bonds is 5. The van der Waals surface area contributed by atoms with Crippen molar-refractivity contribution in [1.82, 2.24) is 15.1 Å². The van der Waals surface area contributed by atoms with Crippen LogP contribution in [-0.4, -0.2) is 28.8 Å². The molecule has 0 aliphatic carbocycles. The molecule has 2 heterocycles. The lowest BCUT2D eigenvalue weighted by atomic mass is 9.88. The highest BCUT2D eigenvalue weighted by molar-refractivity contribution is 9.10. The molecule has 5 nitrogen and oxygen atoms in total. The van der Waals surface area contributed by atoms with Gasteiger partial charge in [0.15, 0.2) is 0 Å². The second-order valence-electron chi connectivity index (χ2n) is 5.70. The molecule has 7 heteroatoms. The molecule has 1 atom stereocenters. The second kappa shape index (κ2) is 7.95. The molecule has 124 valence electrons. The normalized spacial score (nSPS) is 15.4. The smallest absolute Gasteiger partial charge is 0.228 e. The Morgan fingerprint density at radius 3 is 2.91 bits per heavy atom. The van der Waals surface area contributed by atoms with E-state index in [4.69, 9.17) is 0 Å². The van der Waals surface area contributed by atoms with Crippen LogP contribution in [0.15, 0.2) is 41.0 Å². The number of benzene rings is 1. The number of amides is 1. The van der Waals surface area contributed by atoms with Crippen LogP contribution in [-0.2, 0) is 11.3 Å². The molecule has 23 heavy (non-hydrogen) atoms. The van der Waals surface area contributed by atoms with E-state index in [-0.39, 0.29) is 24.2 Å². The predicted molar refractivity (Wildman–Crippen MR) is 96.9 cm³/mol. The fraction of sp³-hybridized carbons (Fsp3) is 0.375. The third-order valence-corrected chi connectivity index (χ3v) is 4.62. The minimum atomic E-state index is 0. The summed E-state index contributed by atoms with van der Waals surface area (Å²) in [4.78, 5) is 12.3. The van der Waals surface area contributed by atoms with Crippen LogP contribution < -0.4 is 10.6 Å². The molecule has 2 N–H and O–H groups in total. The van der Waals surface area contributed by atoms with E-state index in [0.29, 0.717) is 12.5 Å². The van der Waals surface area contributed by atoms with Gasteiger partial charge < -0.3 is 10.6 Å². The van der Waals surface area contributed by atoms with Gasteiger partial charge in [-0.15, -0.1) is 12.4 Å². The minimum absolute atomic E-state index is 0. The van der Waals surface area contributed by atoms with Gasteiger partial charge in [0, 0.05) is 16.5 Å². The average Bonchev–Trinajstić information content (AvgIpc) is 2.84. The topological polar surface area (TPSA) is 59.0 Å². The number of hydrogen-bond acceptors (Lipinski definition) is 3. The summed E-state index contributed by atoms with van der Waals surface area (Å²) >= 11 is 3.47. The van der Waals surface area contributed by atoms with Crippen LogP contribution in [0.2, 0.25) is 0 Å². The van der Waals surface area contributed by atoms with E-state index in [1.807, 2.05) is 35.9 Å². The molecule has 1 aromatic heterocycles. The van der Waals surface area contributed by atoms with Gasteiger partial charge in [0.25, 0.3) is 0 Å². The first-order valence-corrected chi connectivity index (χ1v) is 8.20. The summed E-state index contributed by atoms with van der Waals surface area (Å²) in [5.41, 5.74) is 1.13. The Kier molecular flexibility index (Phi) is 6.21. The number of aromatic nitrogens is 2. The van der Waals surface area contributed by atoms with Crippen molar-refractivity contribution in [1.29, 1.82) is 0 Å². The summed E-state index contributed by atoms with van der Waals surface area (Å²) < 4.78 is 2.85. The molecule has 1 fully saturated rings. The van der Waals surface area contributed by atoms with Crippen LogP contribution >= 0.6 is 28.3 Å². The summed E-state index contributed by atoms with van der Waals surface area (Å²) in [6.45, 7) is 4.45. The molecule has 1 unspecified atom stereocenters. The molecule has 2 aromatic rings. The Labute approximate surface area is 150 Å². The van der Waals surface area contributed by atoms with Crippen LogP contribution in [0, 0.1) is 11.8 Å². The summed E-state index contributed by atoms with van der Waals surface area (Å²) in [5, 5.41) is 10.5. The molecule has 1 aliphatic heterocycles. The van der Waals surface area contributed by atoms with Gasteiger partial charge in [0.2, 0.25) is 5.91 Å². The number of halogens is 2. The van der Waals surface area contributed by atoms with Crippen molar-refractivity contribution < 1.29 is 4.79 Å². The first-order chi connectivity index (χ1) is 10.6. The quantitative estimate of drug-likeness (QED) is 0.813. The SMILES string of the molecule is CC(C(=O)Nc1ccnn1Cc1cccc(Br)c1)C1CNC1.Cl. The summed E-state index contributed by atoms with van der Waals surface area (Å²) in [5.74, 6) is 1.24. The van der Waals surface area contributed by atoms with E-state index in [9.17, 15) is 4.79 Å². The Morgan fingerprint density at radius 1 is 1.48 bits per heavy atom. The second-order valence-corrected chi connectivity index (χ2v) is 6.62. The highest BCUT2D eigenvalue weighted by Gasteiger charge is 2.29. The summed E-state index contributed by atoms with van der Waals surface area (Å²) in [7, 11) is 0. The lowest BCUT2D eigenvalue weighted by molar-refractivity contribution is -0.121. The number of carbonyl (C=O) groups excluding carboxylic acids is 1. The van der Waals surface area contributed by atoms with Crippen LogP contribution in [0.3, 0.4) is 0 Å². The fourth-order valence-electron chi connectivity index (χ4n) is 2.49. The van der Waals surface area contributed by atoms with Crippen molar-refractivity contribution in [3.05, 3.63) is 46.6 Å². The largest absolute Gasteiger partial charge is 0.316 e. The highest BCUT2D eigenvalue weighted by atomic mass is 79.9. The third kappa shape index (κ3) is 4.34. The predicted octanol–water partition coefficient (Wildman–Crippen LogP) is 2.91. The van der Waals surface area contributed by atoms with Crippen molar-refractivity contribution in [2.75, 3.05) is 18.4 Å². The van der Waals surface area contributed by atoms with Crippen LogP contribution in [0.1, 0.15) is 12.5 Å². The van der Waals surface area contributed by atoms with Crippen molar-refractivity contribution in [2.45, 2.75) is 13.5 Å². The Balaban J connectivity index is 0.00000192. The Morgan fingerprint density at radius 2 is 2.26 bits per heavy atom. The lowest BCUT2D eigenvalue weighted by Crippen LogP contribution is -2.48. The molecule has 1 saturated heterocycles. The zero-order valence-corrected chi connectivity index (χ0v) is 15.2. The first kappa shape index (κ1) is 18.0. The Hall–Kier alpha value is -1.37. The first-order valence-electron chi connectivity index (χ1n) is 7.41. The maximum Gasteiger partial charge on any atom is 0.228 e. The molecule has 1 amide bonds. The monoisotopic (exact) mass is 398 g/mol. The zero-order valence-electron chi connectivity index (χ0n) is 12.8. The van der Waals surface area contributed by atoms with Gasteiger partial charge in [-0.25, -0.2) is 4.68 Å². The molecule has 3 rings (SSSR count). The van der Waals surface area contributed by atoms with Crippen molar-refractivity contribution in [3.63, 3.8) is 0 Å². The minimum Gasteiger partial charge on any atom is -0.316 e. The van der Waals surface area contributed by atoms with Crippen molar-refractivity contribution in [3.8, 4) is 0 Å². The van der Waals surface area contributed by atoms with E-state index in [0.717, 1.165) is 28.9 Å². The molecule has 0 saturated carbocycles. The van der Waals surface area contributed by atoms with E-state index in [1.165, 1.54) is 0 Å². The molecule has 0 radical (unpaired) electrons. The molecular formula is C16H20BrClN4O. The zero-order chi connectivity index (χ0) is 15.5. The number of carbonyl (C=O) groups is 1. The lowest BCUT2D eigenvalue weighted by Gasteiger charge is -2.31. The van der Waals surface area contributed by atoms with Crippen molar-refractivity contribution in [2.24, 2.45) is 11.8 Å². The van der Waals surface area contributed by atoms with Crippen LogP contribution in [0.5, 0.6) is 0 Å². The van der Waals surface area contributed by atoms with E-state index in [2.05, 4.69) is 37.7 Å². The van der Waals surface area contributed by atoms with Crippen LogP contribution in [0.25, 0.3) is 0 Å². The van der Waals surface area contributed by atoms with Gasteiger partial charge in [-0.1, -0.05) is 35.0 Å².